The van der Waals surface area contributed by atoms with Gasteiger partial charge in [0, 0.05) is 12.2 Å². The lowest BCUT2D eigenvalue weighted by molar-refractivity contribution is -0.129. The molecule has 0 bridgehead atoms. The number of hydrogen-bond donors (Lipinski definition) is 3. The number of rotatable bonds is 4. The zero-order valence-corrected chi connectivity index (χ0v) is 11.2. The van der Waals surface area contributed by atoms with Crippen molar-refractivity contribution in [2.75, 3.05) is 11.9 Å². The molecule has 1 aliphatic carbocycles. The largest absolute Gasteiger partial charge is 0.366 e. The van der Waals surface area contributed by atoms with E-state index in [1.807, 2.05) is 0 Å². The van der Waals surface area contributed by atoms with Gasteiger partial charge in [-0.25, -0.2) is 0 Å². The number of halogens is 1. The minimum absolute atomic E-state index is 0.112. The molecule has 0 saturated heterocycles. The van der Waals surface area contributed by atoms with Crippen LogP contribution in [0.2, 0.25) is 5.02 Å². The summed E-state index contributed by atoms with van der Waals surface area (Å²) in [5, 5.41) is 3.04. The van der Waals surface area contributed by atoms with Crippen molar-refractivity contribution in [3.8, 4) is 0 Å². The van der Waals surface area contributed by atoms with Crippen molar-refractivity contribution in [2.24, 2.45) is 16.9 Å². The van der Waals surface area contributed by atoms with Gasteiger partial charge in [0.05, 0.1) is 16.0 Å². The molecular weight excluding hydrogens is 266 g/mol. The zero-order valence-electron chi connectivity index (χ0n) is 10.4. The van der Waals surface area contributed by atoms with Gasteiger partial charge < -0.3 is 16.8 Å². The first kappa shape index (κ1) is 13.8. The molecule has 2 amide bonds. The Hall–Kier alpha value is -1.59. The van der Waals surface area contributed by atoms with Crippen LogP contribution < -0.4 is 16.8 Å². The molecule has 6 heteroatoms. The van der Waals surface area contributed by atoms with Gasteiger partial charge >= 0.3 is 0 Å². The van der Waals surface area contributed by atoms with Crippen LogP contribution in [0.3, 0.4) is 0 Å². The van der Waals surface area contributed by atoms with Crippen LogP contribution in [0.5, 0.6) is 0 Å². The van der Waals surface area contributed by atoms with E-state index in [0.717, 1.165) is 19.3 Å². The molecule has 0 unspecified atom stereocenters. The maximum absolute atomic E-state index is 12.2. The second-order valence-electron chi connectivity index (χ2n) is 4.85. The van der Waals surface area contributed by atoms with Crippen molar-refractivity contribution in [2.45, 2.75) is 19.3 Å². The quantitative estimate of drug-likeness (QED) is 0.780. The topological polar surface area (TPSA) is 98.2 Å². The van der Waals surface area contributed by atoms with Crippen LogP contribution in [0.4, 0.5) is 5.69 Å². The molecule has 19 heavy (non-hydrogen) atoms. The molecule has 0 heterocycles. The summed E-state index contributed by atoms with van der Waals surface area (Å²) >= 11 is 5.85. The highest BCUT2D eigenvalue weighted by molar-refractivity contribution is 6.34. The molecule has 0 atom stereocenters. The van der Waals surface area contributed by atoms with E-state index in [-0.39, 0.29) is 16.5 Å². The molecule has 1 aromatic rings. The second kappa shape index (κ2) is 5.19. The van der Waals surface area contributed by atoms with E-state index in [0.29, 0.717) is 12.2 Å². The first-order valence-corrected chi connectivity index (χ1v) is 6.47. The lowest BCUT2D eigenvalue weighted by Gasteiger charge is -2.39. The maximum atomic E-state index is 12.2. The average molecular weight is 282 g/mol. The number of nitrogens with one attached hydrogen (secondary N) is 1. The number of primary amides is 1. The first-order valence-electron chi connectivity index (χ1n) is 6.09. The van der Waals surface area contributed by atoms with Crippen molar-refractivity contribution >= 4 is 29.1 Å². The third-order valence-corrected chi connectivity index (χ3v) is 4.00. The summed E-state index contributed by atoms with van der Waals surface area (Å²) < 4.78 is 0. The molecule has 1 aliphatic rings. The third-order valence-electron chi connectivity index (χ3n) is 3.67. The molecule has 102 valence electrons. The number of amides is 2. The molecule has 1 saturated carbocycles. The van der Waals surface area contributed by atoms with Gasteiger partial charge in [0.1, 0.15) is 0 Å². The van der Waals surface area contributed by atoms with Crippen LogP contribution in [0.15, 0.2) is 18.2 Å². The Labute approximate surface area is 116 Å². The summed E-state index contributed by atoms with van der Waals surface area (Å²) in [5.41, 5.74) is 11.1. The number of benzene rings is 1. The summed E-state index contributed by atoms with van der Waals surface area (Å²) in [4.78, 5) is 23.4. The van der Waals surface area contributed by atoms with Crippen molar-refractivity contribution in [1.82, 2.24) is 0 Å². The lowest BCUT2D eigenvalue weighted by Crippen LogP contribution is -2.47. The lowest BCUT2D eigenvalue weighted by atomic mass is 9.68. The summed E-state index contributed by atoms with van der Waals surface area (Å²) in [7, 11) is 0. The number of carbonyl (C=O) groups is 2. The number of carbonyl (C=O) groups excluding carboxylic acids is 2. The molecule has 2 rings (SSSR count). The summed E-state index contributed by atoms with van der Waals surface area (Å²) in [6.07, 6.45) is 2.61. The highest BCUT2D eigenvalue weighted by Gasteiger charge is 2.42. The molecular formula is C13H16ClN3O2. The standard InChI is InChI=1S/C13H16ClN3O2/c14-10-3-2-8(6-9(10)11(16)18)17-12(19)13(7-15)4-1-5-13/h2-3,6H,1,4-5,7,15H2,(H2,16,18)(H,17,19). The van der Waals surface area contributed by atoms with Gasteiger partial charge in [0.25, 0.3) is 0 Å². The fraction of sp³-hybridized carbons (Fsp3) is 0.385. The molecule has 0 aliphatic heterocycles. The van der Waals surface area contributed by atoms with Crippen LogP contribution in [0, 0.1) is 5.41 Å². The van der Waals surface area contributed by atoms with Crippen molar-refractivity contribution in [3.05, 3.63) is 28.8 Å². The van der Waals surface area contributed by atoms with E-state index in [1.165, 1.54) is 12.1 Å². The van der Waals surface area contributed by atoms with Crippen LogP contribution in [0.25, 0.3) is 0 Å². The Morgan fingerprint density at radius 2 is 2.05 bits per heavy atom. The van der Waals surface area contributed by atoms with E-state index in [2.05, 4.69) is 5.32 Å². The number of hydrogen-bond acceptors (Lipinski definition) is 3. The predicted molar refractivity (Wildman–Crippen MR) is 73.9 cm³/mol. The molecule has 5 N–H and O–H groups in total. The maximum Gasteiger partial charge on any atom is 0.250 e. The van der Waals surface area contributed by atoms with Crippen LogP contribution in [-0.2, 0) is 4.79 Å². The van der Waals surface area contributed by atoms with Gasteiger partial charge in [-0.05, 0) is 31.0 Å². The van der Waals surface area contributed by atoms with Crippen LogP contribution >= 0.6 is 11.6 Å². The van der Waals surface area contributed by atoms with Crippen molar-refractivity contribution < 1.29 is 9.59 Å². The highest BCUT2D eigenvalue weighted by Crippen LogP contribution is 2.40. The minimum Gasteiger partial charge on any atom is -0.366 e. The van der Waals surface area contributed by atoms with Gasteiger partial charge in [0.15, 0.2) is 0 Å². The third kappa shape index (κ3) is 2.57. The van der Waals surface area contributed by atoms with E-state index >= 15 is 0 Å². The second-order valence-corrected chi connectivity index (χ2v) is 5.26. The Balaban J connectivity index is 2.17. The van der Waals surface area contributed by atoms with E-state index < -0.39 is 11.3 Å². The van der Waals surface area contributed by atoms with Gasteiger partial charge in [-0.3, -0.25) is 9.59 Å². The van der Waals surface area contributed by atoms with Gasteiger partial charge in [0.2, 0.25) is 11.8 Å². The fourth-order valence-corrected chi connectivity index (χ4v) is 2.39. The van der Waals surface area contributed by atoms with E-state index in [9.17, 15) is 9.59 Å². The van der Waals surface area contributed by atoms with Gasteiger partial charge in [-0.1, -0.05) is 18.0 Å². The summed E-state index contributed by atoms with van der Waals surface area (Å²) in [6, 6.07) is 4.65. The highest BCUT2D eigenvalue weighted by atomic mass is 35.5. The van der Waals surface area contributed by atoms with Gasteiger partial charge in [-0.15, -0.1) is 0 Å². The molecule has 1 fully saturated rings. The average Bonchev–Trinajstić information content (AvgIpc) is 2.30. The van der Waals surface area contributed by atoms with E-state index in [4.69, 9.17) is 23.1 Å². The first-order chi connectivity index (χ1) is 8.98. The summed E-state index contributed by atoms with van der Waals surface area (Å²) in [5.74, 6) is -0.739. The van der Waals surface area contributed by atoms with Gasteiger partial charge in [-0.2, -0.15) is 0 Å². The number of nitrogens with two attached hydrogens (primary N) is 2. The zero-order chi connectivity index (χ0) is 14.0. The minimum atomic E-state index is -0.627. The van der Waals surface area contributed by atoms with Crippen LogP contribution in [-0.4, -0.2) is 18.4 Å². The Kier molecular flexibility index (Phi) is 3.78. The molecule has 0 spiro atoms. The van der Waals surface area contributed by atoms with Crippen molar-refractivity contribution in [1.29, 1.82) is 0 Å². The summed E-state index contributed by atoms with van der Waals surface area (Å²) in [6.45, 7) is 0.328. The Morgan fingerprint density at radius 3 is 2.53 bits per heavy atom. The Morgan fingerprint density at radius 1 is 1.37 bits per heavy atom. The smallest absolute Gasteiger partial charge is 0.250 e. The molecule has 0 radical (unpaired) electrons. The number of anilines is 1. The Bertz CT molecular complexity index is 521. The SMILES string of the molecule is NCC1(C(=O)Nc2ccc(Cl)c(C(N)=O)c2)CCC1. The molecule has 5 nitrogen and oxygen atoms in total. The molecule has 1 aromatic carbocycles. The predicted octanol–water partition coefficient (Wildman–Crippen LogP) is 1.51. The molecule has 0 aromatic heterocycles. The van der Waals surface area contributed by atoms with Crippen molar-refractivity contribution in [3.63, 3.8) is 0 Å². The normalized spacial score (nSPS) is 16.5. The monoisotopic (exact) mass is 281 g/mol. The van der Waals surface area contributed by atoms with E-state index in [1.54, 1.807) is 6.07 Å². The fourth-order valence-electron chi connectivity index (χ4n) is 2.18. The van der Waals surface area contributed by atoms with Crippen LogP contribution in [0.1, 0.15) is 29.6 Å².